The minimum Gasteiger partial charge on any atom is -0.389 e. The van der Waals surface area contributed by atoms with E-state index in [1.54, 1.807) is 25.8 Å². The van der Waals surface area contributed by atoms with Crippen LogP contribution in [-0.4, -0.2) is 49.4 Å². The van der Waals surface area contributed by atoms with Gasteiger partial charge in [-0.1, -0.05) is 0 Å². The number of carbonyl (C=O) groups is 1. The number of carbonyl (C=O) groups excluding carboxylic acids is 1. The Bertz CT molecular complexity index is 827. The number of pyridine rings is 1. The molecule has 0 saturated carbocycles. The van der Waals surface area contributed by atoms with Gasteiger partial charge in [0.1, 0.15) is 0 Å². The van der Waals surface area contributed by atoms with Gasteiger partial charge in [-0.2, -0.15) is 0 Å². The largest absolute Gasteiger partial charge is 0.389 e. The second-order valence-corrected chi connectivity index (χ2v) is 6.90. The lowest BCUT2D eigenvalue weighted by Gasteiger charge is -2.28. The number of nitrogens with one attached hydrogen (secondary N) is 1. The summed E-state index contributed by atoms with van der Waals surface area (Å²) in [6, 6.07) is 0. The number of aliphatic hydroxyl groups is 1. The number of aromatic nitrogens is 3. The summed E-state index contributed by atoms with van der Waals surface area (Å²) in [7, 11) is 1.64. The quantitative estimate of drug-likeness (QED) is 0.855. The van der Waals surface area contributed by atoms with E-state index in [0.29, 0.717) is 17.6 Å². The van der Waals surface area contributed by atoms with Crippen LogP contribution in [0.5, 0.6) is 0 Å². The first kappa shape index (κ1) is 18.2. The molecule has 0 radical (unpaired) electrons. The highest BCUT2D eigenvalue weighted by Crippen LogP contribution is 2.20. The lowest BCUT2D eigenvalue weighted by Crippen LogP contribution is -2.42. The molecule has 1 amide bonds. The van der Waals surface area contributed by atoms with Crippen molar-refractivity contribution in [3.05, 3.63) is 27.2 Å². The highest BCUT2D eigenvalue weighted by atomic mass is 16.3. The van der Waals surface area contributed by atoms with Crippen LogP contribution >= 0.6 is 0 Å². The Kier molecular flexibility index (Phi) is 4.85. The van der Waals surface area contributed by atoms with Crippen molar-refractivity contribution in [1.29, 1.82) is 0 Å². The Morgan fingerprint density at radius 2 is 2.00 bits per heavy atom. The fourth-order valence-electron chi connectivity index (χ4n) is 2.98. The van der Waals surface area contributed by atoms with Gasteiger partial charge in [0, 0.05) is 25.8 Å². The number of nitrogens with zero attached hydrogens (tertiary/aromatic N) is 3. The first-order chi connectivity index (χ1) is 11.0. The minimum atomic E-state index is -0.950. The summed E-state index contributed by atoms with van der Waals surface area (Å²) in [4.78, 5) is 30.9. The maximum absolute atomic E-state index is 12.6. The maximum atomic E-state index is 12.6. The van der Waals surface area contributed by atoms with Crippen LogP contribution < -0.4 is 5.56 Å². The van der Waals surface area contributed by atoms with Crippen LogP contribution in [0.1, 0.15) is 37.6 Å². The van der Waals surface area contributed by atoms with Gasteiger partial charge in [0.2, 0.25) is 5.91 Å². The Hall–Kier alpha value is -2.15. The average Bonchev–Trinajstić information content (AvgIpc) is 2.74. The zero-order valence-corrected chi connectivity index (χ0v) is 15.2. The zero-order valence-electron chi connectivity index (χ0n) is 15.2. The third-order valence-corrected chi connectivity index (χ3v) is 4.21. The molecule has 0 aromatic carbocycles. The van der Waals surface area contributed by atoms with Crippen LogP contribution in [-0.2, 0) is 18.3 Å². The predicted molar refractivity (Wildman–Crippen MR) is 93.1 cm³/mol. The summed E-state index contributed by atoms with van der Waals surface area (Å²) in [5, 5.41) is 13.4. The first-order valence-corrected chi connectivity index (χ1v) is 8.10. The van der Waals surface area contributed by atoms with Gasteiger partial charge in [0.05, 0.1) is 17.4 Å². The topological polar surface area (TPSA) is 91.2 Å². The summed E-state index contributed by atoms with van der Waals surface area (Å²) >= 11 is 0. The van der Waals surface area contributed by atoms with Gasteiger partial charge in [-0.05, 0) is 45.7 Å². The van der Waals surface area contributed by atoms with Gasteiger partial charge >= 0.3 is 0 Å². The van der Waals surface area contributed by atoms with Gasteiger partial charge in [-0.3, -0.25) is 19.4 Å². The van der Waals surface area contributed by atoms with Gasteiger partial charge in [-0.15, -0.1) is 0 Å². The predicted octanol–water partition coefficient (Wildman–Crippen LogP) is 1.04. The fraction of sp³-hybridized carbons (Fsp3) is 0.588. The fourth-order valence-corrected chi connectivity index (χ4v) is 2.98. The van der Waals surface area contributed by atoms with Gasteiger partial charge in [0.25, 0.3) is 5.56 Å². The second-order valence-electron chi connectivity index (χ2n) is 6.90. The number of fused-ring (bicyclic) bond motifs is 1. The number of hydrogen-bond donors (Lipinski definition) is 2. The molecule has 2 rings (SSSR count). The van der Waals surface area contributed by atoms with Crippen molar-refractivity contribution in [3.63, 3.8) is 0 Å². The van der Waals surface area contributed by atoms with E-state index in [2.05, 4.69) is 10.1 Å². The molecule has 0 atom stereocenters. The Balaban J connectivity index is 2.40. The van der Waals surface area contributed by atoms with E-state index in [1.165, 1.54) is 4.68 Å². The molecule has 0 bridgehead atoms. The molecule has 2 aromatic heterocycles. The molecule has 0 aliphatic carbocycles. The number of hydrogen-bond acceptors (Lipinski definition) is 4. The smallest absolute Gasteiger partial charge is 0.276 e. The van der Waals surface area contributed by atoms with Crippen molar-refractivity contribution in [2.24, 2.45) is 7.05 Å². The number of likely N-dealkylation sites (N-methyl/N-ethyl adjacent to an activating group) is 1. The molecule has 0 spiro atoms. The van der Waals surface area contributed by atoms with Crippen molar-refractivity contribution in [2.45, 2.75) is 46.6 Å². The van der Waals surface area contributed by atoms with Crippen molar-refractivity contribution in [1.82, 2.24) is 19.7 Å². The second kappa shape index (κ2) is 6.39. The summed E-state index contributed by atoms with van der Waals surface area (Å²) in [6.45, 7) is 9.71. The van der Waals surface area contributed by atoms with Gasteiger partial charge < -0.3 is 10.0 Å². The standard InChI is InChI=1S/C17H26N4O3/c1-7-21(9-17(4,5)24)13(22)8-12-10(2)14-15(18-11(12)3)19-20(6)16(14)23/h24H,7-9H2,1-6H3,(H,18,19). The lowest BCUT2D eigenvalue weighted by molar-refractivity contribution is -0.133. The molecule has 2 N–H and O–H groups in total. The van der Waals surface area contributed by atoms with Crippen molar-refractivity contribution >= 4 is 16.9 Å². The maximum Gasteiger partial charge on any atom is 0.276 e. The van der Waals surface area contributed by atoms with E-state index in [-0.39, 0.29) is 24.4 Å². The summed E-state index contributed by atoms with van der Waals surface area (Å²) < 4.78 is 1.39. The number of aromatic amines is 1. The van der Waals surface area contributed by atoms with Crippen molar-refractivity contribution < 1.29 is 9.90 Å². The molecule has 0 fully saturated rings. The van der Waals surface area contributed by atoms with Crippen LogP contribution in [0.25, 0.3) is 11.0 Å². The van der Waals surface area contributed by atoms with E-state index in [4.69, 9.17) is 0 Å². The van der Waals surface area contributed by atoms with E-state index in [0.717, 1.165) is 16.8 Å². The number of amides is 1. The van der Waals surface area contributed by atoms with E-state index in [1.807, 2.05) is 20.8 Å². The van der Waals surface area contributed by atoms with Crippen LogP contribution in [0.3, 0.4) is 0 Å². The van der Waals surface area contributed by atoms with Gasteiger partial charge in [0.15, 0.2) is 5.65 Å². The highest BCUT2D eigenvalue weighted by Gasteiger charge is 2.23. The molecule has 7 nitrogen and oxygen atoms in total. The Morgan fingerprint density at radius 1 is 1.38 bits per heavy atom. The molecule has 2 heterocycles. The molecule has 7 heteroatoms. The van der Waals surface area contributed by atoms with Gasteiger partial charge in [-0.25, -0.2) is 4.98 Å². The molecule has 132 valence electrons. The molecule has 24 heavy (non-hydrogen) atoms. The number of rotatable bonds is 5. The van der Waals surface area contributed by atoms with Crippen LogP contribution in [0.4, 0.5) is 0 Å². The van der Waals surface area contributed by atoms with Crippen LogP contribution in [0, 0.1) is 13.8 Å². The molecule has 0 unspecified atom stereocenters. The molecule has 2 aromatic rings. The minimum absolute atomic E-state index is 0.0839. The lowest BCUT2D eigenvalue weighted by atomic mass is 10.0. The number of aryl methyl sites for hydroxylation is 3. The normalized spacial score (nSPS) is 12.0. The highest BCUT2D eigenvalue weighted by molar-refractivity contribution is 5.84. The van der Waals surface area contributed by atoms with E-state index >= 15 is 0 Å². The summed E-state index contributed by atoms with van der Waals surface area (Å²) in [5.74, 6) is -0.0839. The SMILES string of the molecule is CCN(CC(C)(C)O)C(=O)Cc1c(C)nc2[nH]n(C)c(=O)c2c1C. The third-order valence-electron chi connectivity index (χ3n) is 4.21. The Labute approximate surface area is 141 Å². The summed E-state index contributed by atoms with van der Waals surface area (Å²) in [5.41, 5.74) is 1.74. The molecule has 0 aliphatic heterocycles. The van der Waals surface area contributed by atoms with E-state index < -0.39 is 5.60 Å². The zero-order chi connectivity index (χ0) is 18.2. The third kappa shape index (κ3) is 3.51. The first-order valence-electron chi connectivity index (χ1n) is 8.10. The molecule has 0 saturated heterocycles. The molecule has 0 aliphatic rings. The summed E-state index contributed by atoms with van der Waals surface area (Å²) in [6.07, 6.45) is 0.166. The van der Waals surface area contributed by atoms with Crippen LogP contribution in [0.15, 0.2) is 4.79 Å². The molecular weight excluding hydrogens is 308 g/mol. The average molecular weight is 334 g/mol. The number of H-pyrrole nitrogens is 1. The Morgan fingerprint density at radius 3 is 2.54 bits per heavy atom. The monoisotopic (exact) mass is 334 g/mol. The van der Waals surface area contributed by atoms with E-state index in [9.17, 15) is 14.7 Å². The van der Waals surface area contributed by atoms with Crippen LogP contribution in [0.2, 0.25) is 0 Å². The van der Waals surface area contributed by atoms with Crippen molar-refractivity contribution in [3.8, 4) is 0 Å². The molecular formula is C17H26N4O3. The van der Waals surface area contributed by atoms with Crippen molar-refractivity contribution in [2.75, 3.05) is 13.1 Å².